The quantitative estimate of drug-likeness (QED) is 0.552. The van der Waals surface area contributed by atoms with Crippen LogP contribution in [0.1, 0.15) is 35.1 Å². The molecule has 7 heteroatoms. The van der Waals surface area contributed by atoms with Gasteiger partial charge in [-0.15, -0.1) is 0 Å². The molecule has 1 heterocycles. The topological polar surface area (TPSA) is 106 Å². The molecule has 0 aliphatic heterocycles. The van der Waals surface area contributed by atoms with Crippen LogP contribution in [0.2, 0.25) is 0 Å². The molecule has 1 aliphatic rings. The van der Waals surface area contributed by atoms with Gasteiger partial charge in [0.05, 0.1) is 5.39 Å². The second-order valence-electron chi connectivity index (χ2n) is 8.13. The van der Waals surface area contributed by atoms with Crippen LogP contribution in [0.15, 0.2) is 51.7 Å². The zero-order chi connectivity index (χ0) is 22.7. The number of ether oxygens (including phenoxy) is 1. The lowest BCUT2D eigenvalue weighted by molar-refractivity contribution is -0.142. The Morgan fingerprint density at radius 2 is 1.84 bits per heavy atom. The highest BCUT2D eigenvalue weighted by atomic mass is 16.5. The third-order valence-corrected chi connectivity index (χ3v) is 5.70. The maximum Gasteiger partial charge on any atom is 0.339 e. The summed E-state index contributed by atoms with van der Waals surface area (Å²) in [5.41, 5.74) is 3.37. The average molecular weight is 435 g/mol. The summed E-state index contributed by atoms with van der Waals surface area (Å²) in [5.74, 6) is -1.18. The third-order valence-electron chi connectivity index (χ3n) is 5.70. The predicted octanol–water partition coefficient (Wildman–Crippen LogP) is 3.17. The standard InChI is InChI=1S/C25H25NO6/c1-15-11-20(23-17-9-5-6-10-18(17)25(30)32-21(23)12-15)31-14-22(27)26-19(24(28)29)13-16-7-3-2-4-8-16/h2-4,7-8,11-12,19H,5-6,9-10,13-14H2,1H3,(H,26,27)(H,28,29)/t19-/m0/s1. The van der Waals surface area contributed by atoms with E-state index in [2.05, 4.69) is 5.32 Å². The summed E-state index contributed by atoms with van der Waals surface area (Å²) in [6, 6.07) is 11.7. The lowest BCUT2D eigenvalue weighted by atomic mass is 9.90. The molecule has 166 valence electrons. The fourth-order valence-electron chi connectivity index (χ4n) is 4.21. The Morgan fingerprint density at radius 3 is 2.56 bits per heavy atom. The molecule has 7 nitrogen and oxygen atoms in total. The first-order valence-electron chi connectivity index (χ1n) is 10.7. The lowest BCUT2D eigenvalue weighted by Gasteiger charge is -2.19. The molecule has 32 heavy (non-hydrogen) atoms. The molecule has 0 fully saturated rings. The number of benzene rings is 2. The van der Waals surface area contributed by atoms with Gasteiger partial charge in [0.1, 0.15) is 17.4 Å². The van der Waals surface area contributed by atoms with Crippen LogP contribution in [0.25, 0.3) is 11.0 Å². The number of carbonyl (C=O) groups excluding carboxylic acids is 1. The first kappa shape index (κ1) is 21.6. The van der Waals surface area contributed by atoms with Gasteiger partial charge in [-0.25, -0.2) is 9.59 Å². The van der Waals surface area contributed by atoms with Crippen LogP contribution in [0, 0.1) is 6.92 Å². The highest BCUT2D eigenvalue weighted by Gasteiger charge is 2.23. The lowest BCUT2D eigenvalue weighted by Crippen LogP contribution is -2.44. The molecule has 0 spiro atoms. The molecular weight excluding hydrogens is 410 g/mol. The highest BCUT2D eigenvalue weighted by molar-refractivity contribution is 5.89. The van der Waals surface area contributed by atoms with Gasteiger partial charge in [-0.3, -0.25) is 4.79 Å². The fourth-order valence-corrected chi connectivity index (χ4v) is 4.21. The molecular formula is C25H25NO6. The second-order valence-corrected chi connectivity index (χ2v) is 8.13. The summed E-state index contributed by atoms with van der Waals surface area (Å²) in [5, 5.41) is 12.8. The monoisotopic (exact) mass is 435 g/mol. The van der Waals surface area contributed by atoms with Crippen LogP contribution in [-0.4, -0.2) is 29.6 Å². The Labute approximate surface area is 185 Å². The largest absolute Gasteiger partial charge is 0.483 e. The maximum absolute atomic E-state index is 12.5. The number of aryl methyl sites for hydroxylation is 2. The number of rotatable bonds is 7. The minimum atomic E-state index is -1.11. The van der Waals surface area contributed by atoms with Crippen molar-refractivity contribution in [2.24, 2.45) is 0 Å². The first-order valence-corrected chi connectivity index (χ1v) is 10.7. The van der Waals surface area contributed by atoms with E-state index in [4.69, 9.17) is 9.15 Å². The molecule has 0 bridgehead atoms. The van der Waals surface area contributed by atoms with E-state index in [-0.39, 0.29) is 18.7 Å². The highest BCUT2D eigenvalue weighted by Crippen LogP contribution is 2.34. The van der Waals surface area contributed by atoms with Crippen molar-refractivity contribution in [1.82, 2.24) is 5.32 Å². The summed E-state index contributed by atoms with van der Waals surface area (Å²) in [4.78, 5) is 36.5. The number of hydrogen-bond acceptors (Lipinski definition) is 5. The van der Waals surface area contributed by atoms with Crippen LogP contribution >= 0.6 is 0 Å². The Hall–Kier alpha value is -3.61. The summed E-state index contributed by atoms with van der Waals surface area (Å²) in [7, 11) is 0. The van der Waals surface area contributed by atoms with Gasteiger partial charge in [0.2, 0.25) is 0 Å². The predicted molar refractivity (Wildman–Crippen MR) is 119 cm³/mol. The van der Waals surface area contributed by atoms with Crippen LogP contribution in [-0.2, 0) is 28.9 Å². The molecule has 3 aromatic rings. The van der Waals surface area contributed by atoms with Crippen molar-refractivity contribution < 1.29 is 23.8 Å². The van der Waals surface area contributed by atoms with E-state index in [0.717, 1.165) is 41.3 Å². The van der Waals surface area contributed by atoms with E-state index in [1.807, 2.05) is 43.3 Å². The van der Waals surface area contributed by atoms with E-state index in [0.29, 0.717) is 23.3 Å². The van der Waals surface area contributed by atoms with Crippen molar-refractivity contribution in [3.05, 3.63) is 75.1 Å². The Morgan fingerprint density at radius 1 is 1.12 bits per heavy atom. The summed E-state index contributed by atoms with van der Waals surface area (Å²) >= 11 is 0. The molecule has 4 rings (SSSR count). The van der Waals surface area contributed by atoms with E-state index < -0.39 is 17.9 Å². The number of fused-ring (bicyclic) bond motifs is 3. The number of nitrogens with one attached hydrogen (secondary N) is 1. The minimum Gasteiger partial charge on any atom is -0.483 e. The van der Waals surface area contributed by atoms with Gasteiger partial charge in [0, 0.05) is 12.0 Å². The van der Waals surface area contributed by atoms with Crippen LogP contribution in [0.3, 0.4) is 0 Å². The maximum atomic E-state index is 12.5. The smallest absolute Gasteiger partial charge is 0.339 e. The van der Waals surface area contributed by atoms with Crippen molar-refractivity contribution in [2.45, 2.75) is 45.1 Å². The first-order chi connectivity index (χ1) is 15.4. The van der Waals surface area contributed by atoms with Crippen LogP contribution < -0.4 is 15.7 Å². The van der Waals surface area contributed by atoms with Crippen LogP contribution in [0.4, 0.5) is 0 Å². The number of carboxylic acids is 1. The van der Waals surface area contributed by atoms with Crippen molar-refractivity contribution >= 4 is 22.8 Å². The van der Waals surface area contributed by atoms with Gasteiger partial charge in [0.25, 0.3) is 5.91 Å². The van der Waals surface area contributed by atoms with Gasteiger partial charge in [-0.2, -0.15) is 0 Å². The number of aliphatic carboxylic acids is 1. The van der Waals surface area contributed by atoms with Gasteiger partial charge < -0.3 is 19.6 Å². The third kappa shape index (κ3) is 4.66. The van der Waals surface area contributed by atoms with Gasteiger partial charge in [-0.05, 0) is 61.4 Å². The van der Waals surface area contributed by atoms with Crippen LogP contribution in [0.5, 0.6) is 5.75 Å². The number of hydrogen-bond donors (Lipinski definition) is 2. The van der Waals surface area contributed by atoms with E-state index in [1.54, 1.807) is 6.07 Å². The Kier molecular flexibility index (Phi) is 6.25. The molecule has 2 N–H and O–H groups in total. The van der Waals surface area contributed by atoms with Crippen molar-refractivity contribution in [1.29, 1.82) is 0 Å². The van der Waals surface area contributed by atoms with Gasteiger partial charge in [0.15, 0.2) is 6.61 Å². The molecule has 1 amide bonds. The van der Waals surface area contributed by atoms with E-state index in [9.17, 15) is 19.5 Å². The fraction of sp³-hybridized carbons (Fsp3) is 0.320. The molecule has 2 aromatic carbocycles. The molecule has 0 unspecified atom stereocenters. The molecule has 1 atom stereocenters. The number of carbonyl (C=O) groups is 2. The number of amides is 1. The summed E-state index contributed by atoms with van der Waals surface area (Å²) < 4.78 is 11.4. The molecule has 0 saturated heterocycles. The van der Waals surface area contributed by atoms with Crippen molar-refractivity contribution in [2.75, 3.05) is 6.61 Å². The zero-order valence-corrected chi connectivity index (χ0v) is 17.8. The second kappa shape index (κ2) is 9.26. The zero-order valence-electron chi connectivity index (χ0n) is 17.8. The Balaban J connectivity index is 1.54. The van der Waals surface area contributed by atoms with E-state index in [1.165, 1.54) is 0 Å². The summed E-state index contributed by atoms with van der Waals surface area (Å²) in [6.45, 7) is 1.51. The Bertz CT molecular complexity index is 1210. The molecule has 0 saturated carbocycles. The summed E-state index contributed by atoms with van der Waals surface area (Å²) in [6.07, 6.45) is 3.50. The van der Waals surface area contributed by atoms with Gasteiger partial charge >= 0.3 is 11.6 Å². The molecule has 0 radical (unpaired) electrons. The van der Waals surface area contributed by atoms with Crippen molar-refractivity contribution in [3.8, 4) is 5.75 Å². The molecule has 1 aliphatic carbocycles. The van der Waals surface area contributed by atoms with E-state index >= 15 is 0 Å². The minimum absolute atomic E-state index is 0.175. The number of carboxylic acid groups (broad SMARTS) is 1. The van der Waals surface area contributed by atoms with Crippen molar-refractivity contribution in [3.63, 3.8) is 0 Å². The SMILES string of the molecule is Cc1cc(OCC(=O)N[C@@H](Cc2ccccc2)C(=O)O)c2c3c(c(=O)oc2c1)CCCC3. The van der Waals surface area contributed by atoms with Gasteiger partial charge in [-0.1, -0.05) is 30.3 Å². The molecule has 1 aromatic heterocycles. The average Bonchev–Trinajstić information content (AvgIpc) is 2.77. The normalized spacial score (nSPS) is 13.9.